The molecule has 2 rings (SSSR count). The van der Waals surface area contributed by atoms with Crippen LogP contribution >= 0.6 is 0 Å². The SMILES string of the molecule is CC(C)(C)OC(=O)C(CC1CCCC1)C(C(=O)O)C(=O)OCc1ccccc1. The van der Waals surface area contributed by atoms with Gasteiger partial charge in [-0.3, -0.25) is 14.4 Å². The fourth-order valence-electron chi connectivity index (χ4n) is 3.61. The Balaban J connectivity index is 2.16. The van der Waals surface area contributed by atoms with Crippen LogP contribution in [0.5, 0.6) is 0 Å². The number of esters is 2. The van der Waals surface area contributed by atoms with E-state index in [9.17, 15) is 19.5 Å². The molecule has 0 saturated heterocycles. The van der Waals surface area contributed by atoms with Crippen LogP contribution in [0.15, 0.2) is 30.3 Å². The molecule has 2 unspecified atom stereocenters. The number of aliphatic carboxylic acids is 1. The normalized spacial score (nSPS) is 17.0. The summed E-state index contributed by atoms with van der Waals surface area (Å²) in [5.74, 6) is -5.30. The fourth-order valence-corrected chi connectivity index (χ4v) is 3.61. The monoisotopic (exact) mass is 390 g/mol. The summed E-state index contributed by atoms with van der Waals surface area (Å²) >= 11 is 0. The van der Waals surface area contributed by atoms with Crippen LogP contribution in [0.2, 0.25) is 0 Å². The summed E-state index contributed by atoms with van der Waals surface area (Å²) in [6.07, 6.45) is 4.31. The lowest BCUT2D eigenvalue weighted by Gasteiger charge is -2.28. The summed E-state index contributed by atoms with van der Waals surface area (Å²) in [7, 11) is 0. The van der Waals surface area contributed by atoms with Crippen molar-refractivity contribution in [2.24, 2.45) is 17.8 Å². The molecular formula is C22H30O6. The van der Waals surface area contributed by atoms with Gasteiger partial charge in [0.2, 0.25) is 0 Å². The predicted octanol–water partition coefficient (Wildman–Crippen LogP) is 3.97. The van der Waals surface area contributed by atoms with Crippen molar-refractivity contribution in [3.63, 3.8) is 0 Å². The molecule has 0 spiro atoms. The zero-order valence-electron chi connectivity index (χ0n) is 16.8. The molecular weight excluding hydrogens is 360 g/mol. The number of carbonyl (C=O) groups excluding carboxylic acids is 2. The number of benzene rings is 1. The number of carbonyl (C=O) groups is 3. The minimum atomic E-state index is -1.57. The minimum Gasteiger partial charge on any atom is -0.481 e. The summed E-state index contributed by atoms with van der Waals surface area (Å²) in [4.78, 5) is 37.3. The van der Waals surface area contributed by atoms with E-state index in [1.54, 1.807) is 45.0 Å². The van der Waals surface area contributed by atoms with Gasteiger partial charge in [-0.15, -0.1) is 0 Å². The molecule has 1 saturated carbocycles. The average molecular weight is 390 g/mol. The Kier molecular flexibility index (Phi) is 7.61. The maximum Gasteiger partial charge on any atom is 0.321 e. The Morgan fingerprint density at radius 3 is 2.21 bits per heavy atom. The number of hydrogen-bond acceptors (Lipinski definition) is 5. The summed E-state index contributed by atoms with van der Waals surface area (Å²) < 4.78 is 10.7. The maximum atomic E-state index is 12.8. The molecule has 1 aromatic rings. The minimum absolute atomic E-state index is 0.0338. The molecule has 0 bridgehead atoms. The van der Waals surface area contributed by atoms with Gasteiger partial charge >= 0.3 is 17.9 Å². The third kappa shape index (κ3) is 6.66. The molecule has 1 fully saturated rings. The standard InChI is InChI=1S/C22H30O6/c1-22(2,3)28-20(25)17(13-15-9-7-8-10-15)18(19(23)24)21(26)27-14-16-11-5-4-6-12-16/h4-6,11-12,15,17-18H,7-10,13-14H2,1-3H3,(H,23,24). The Morgan fingerprint density at radius 2 is 1.68 bits per heavy atom. The Morgan fingerprint density at radius 1 is 1.07 bits per heavy atom. The Hall–Kier alpha value is -2.37. The van der Waals surface area contributed by atoms with Crippen molar-refractivity contribution in [3.8, 4) is 0 Å². The molecule has 1 N–H and O–H groups in total. The van der Waals surface area contributed by atoms with Crippen molar-refractivity contribution in [2.45, 2.75) is 65.1 Å². The molecule has 0 amide bonds. The molecule has 6 heteroatoms. The summed E-state index contributed by atoms with van der Waals surface area (Å²) in [5.41, 5.74) is -0.00764. The van der Waals surface area contributed by atoms with Crippen LogP contribution in [0.3, 0.4) is 0 Å². The number of carboxylic acid groups (broad SMARTS) is 1. The highest BCUT2D eigenvalue weighted by Crippen LogP contribution is 2.34. The van der Waals surface area contributed by atoms with Gasteiger partial charge in [0.15, 0.2) is 5.92 Å². The molecule has 1 aromatic carbocycles. The van der Waals surface area contributed by atoms with E-state index in [0.29, 0.717) is 6.42 Å². The van der Waals surface area contributed by atoms with Crippen molar-refractivity contribution in [2.75, 3.05) is 0 Å². The van der Waals surface area contributed by atoms with Gasteiger partial charge in [0, 0.05) is 0 Å². The summed E-state index contributed by atoms with van der Waals surface area (Å²) in [6, 6.07) is 9.02. The number of hydrogen-bond donors (Lipinski definition) is 1. The zero-order valence-corrected chi connectivity index (χ0v) is 16.8. The van der Waals surface area contributed by atoms with E-state index in [1.165, 1.54) is 0 Å². The largest absolute Gasteiger partial charge is 0.481 e. The quantitative estimate of drug-likeness (QED) is 0.534. The van der Waals surface area contributed by atoms with Crippen molar-refractivity contribution >= 4 is 17.9 Å². The number of rotatable bonds is 8. The van der Waals surface area contributed by atoms with Crippen LogP contribution in [-0.2, 0) is 30.5 Å². The lowest BCUT2D eigenvalue weighted by atomic mass is 9.83. The first kappa shape index (κ1) is 21.9. The molecule has 154 valence electrons. The highest BCUT2D eigenvalue weighted by Gasteiger charge is 2.44. The van der Waals surface area contributed by atoms with Gasteiger partial charge in [-0.2, -0.15) is 0 Å². The first-order chi connectivity index (χ1) is 13.2. The third-order valence-electron chi connectivity index (χ3n) is 4.92. The van der Waals surface area contributed by atoms with Gasteiger partial charge in [-0.25, -0.2) is 0 Å². The highest BCUT2D eigenvalue weighted by molar-refractivity contribution is 5.98. The first-order valence-corrected chi connectivity index (χ1v) is 9.83. The average Bonchev–Trinajstić information content (AvgIpc) is 3.11. The van der Waals surface area contributed by atoms with Gasteiger partial charge in [0.1, 0.15) is 12.2 Å². The molecule has 2 atom stereocenters. The molecule has 1 aliphatic rings. The molecule has 28 heavy (non-hydrogen) atoms. The predicted molar refractivity (Wildman–Crippen MR) is 103 cm³/mol. The van der Waals surface area contributed by atoms with E-state index in [-0.39, 0.29) is 12.5 Å². The lowest BCUT2D eigenvalue weighted by molar-refractivity contribution is -0.175. The van der Waals surface area contributed by atoms with Crippen molar-refractivity contribution < 1.29 is 29.0 Å². The van der Waals surface area contributed by atoms with Crippen LogP contribution < -0.4 is 0 Å². The van der Waals surface area contributed by atoms with E-state index >= 15 is 0 Å². The Bertz CT molecular complexity index is 670. The van der Waals surface area contributed by atoms with Crippen LogP contribution in [0, 0.1) is 17.8 Å². The highest BCUT2D eigenvalue weighted by atomic mass is 16.6. The van der Waals surface area contributed by atoms with Gasteiger partial charge < -0.3 is 14.6 Å². The maximum absolute atomic E-state index is 12.8. The van der Waals surface area contributed by atoms with Crippen LogP contribution in [0.25, 0.3) is 0 Å². The second-order valence-corrected chi connectivity index (χ2v) is 8.44. The van der Waals surface area contributed by atoms with Gasteiger partial charge in [0.05, 0.1) is 5.92 Å². The smallest absolute Gasteiger partial charge is 0.321 e. The first-order valence-electron chi connectivity index (χ1n) is 9.83. The fraction of sp³-hybridized carbons (Fsp3) is 0.591. The molecule has 0 aliphatic heterocycles. The van der Waals surface area contributed by atoms with E-state index < -0.39 is 35.3 Å². The second-order valence-electron chi connectivity index (χ2n) is 8.44. The van der Waals surface area contributed by atoms with Crippen molar-refractivity contribution in [1.29, 1.82) is 0 Å². The molecule has 0 radical (unpaired) electrons. The van der Waals surface area contributed by atoms with E-state index in [1.807, 2.05) is 6.07 Å². The van der Waals surface area contributed by atoms with Gasteiger partial charge in [-0.1, -0.05) is 56.0 Å². The lowest BCUT2D eigenvalue weighted by Crippen LogP contribution is -2.41. The molecule has 6 nitrogen and oxygen atoms in total. The van der Waals surface area contributed by atoms with E-state index in [4.69, 9.17) is 9.47 Å². The van der Waals surface area contributed by atoms with Crippen LogP contribution in [-0.4, -0.2) is 28.6 Å². The second kappa shape index (κ2) is 9.71. The Labute approximate surface area is 166 Å². The van der Waals surface area contributed by atoms with Crippen LogP contribution in [0.4, 0.5) is 0 Å². The summed E-state index contributed by atoms with van der Waals surface area (Å²) in [5, 5.41) is 9.72. The zero-order chi connectivity index (χ0) is 20.7. The molecule has 0 aromatic heterocycles. The molecule has 0 heterocycles. The number of ether oxygens (including phenoxy) is 2. The molecule has 1 aliphatic carbocycles. The van der Waals surface area contributed by atoms with E-state index in [2.05, 4.69) is 0 Å². The van der Waals surface area contributed by atoms with E-state index in [0.717, 1.165) is 31.2 Å². The topological polar surface area (TPSA) is 89.9 Å². The third-order valence-corrected chi connectivity index (χ3v) is 4.92. The summed E-state index contributed by atoms with van der Waals surface area (Å²) in [6.45, 7) is 5.14. The number of carboxylic acids is 1. The van der Waals surface area contributed by atoms with Gasteiger partial charge in [0.25, 0.3) is 0 Å². The van der Waals surface area contributed by atoms with Crippen molar-refractivity contribution in [1.82, 2.24) is 0 Å². The van der Waals surface area contributed by atoms with Gasteiger partial charge in [-0.05, 0) is 38.7 Å². The van der Waals surface area contributed by atoms with Crippen molar-refractivity contribution in [3.05, 3.63) is 35.9 Å². The van der Waals surface area contributed by atoms with Crippen LogP contribution in [0.1, 0.15) is 58.4 Å².